The van der Waals surface area contributed by atoms with Crippen LogP contribution < -0.4 is 0 Å². The van der Waals surface area contributed by atoms with Crippen LogP contribution in [0.5, 0.6) is 0 Å². The second kappa shape index (κ2) is 2.13. The topological polar surface area (TPSA) is 46.5 Å². The SMILES string of the molecule is O=C(O)CC1COC1. The molecule has 1 saturated heterocycles. The van der Waals surface area contributed by atoms with E-state index in [-0.39, 0.29) is 12.3 Å². The van der Waals surface area contributed by atoms with Crippen molar-refractivity contribution in [3.8, 4) is 0 Å². The fraction of sp³-hybridized carbons (Fsp3) is 0.800. The van der Waals surface area contributed by atoms with E-state index in [1.807, 2.05) is 0 Å². The van der Waals surface area contributed by atoms with E-state index >= 15 is 0 Å². The van der Waals surface area contributed by atoms with E-state index in [0.29, 0.717) is 13.2 Å². The standard InChI is InChI=1S/C5H8O3/c6-5(7)1-4-2-8-3-4/h4H,1-3H2,(H,6,7). The quantitative estimate of drug-likeness (QED) is 0.556. The molecule has 0 radical (unpaired) electrons. The van der Waals surface area contributed by atoms with Crippen LogP contribution in [-0.2, 0) is 9.53 Å². The Kier molecular flexibility index (Phi) is 1.48. The van der Waals surface area contributed by atoms with Gasteiger partial charge in [0, 0.05) is 5.92 Å². The predicted octanol–water partition coefficient (Wildman–Crippen LogP) is 0.108. The molecule has 1 aliphatic heterocycles. The Labute approximate surface area is 47.3 Å². The molecule has 1 rings (SSSR count). The number of ether oxygens (including phenoxy) is 1. The number of rotatable bonds is 2. The smallest absolute Gasteiger partial charge is 0.303 e. The van der Waals surface area contributed by atoms with Crippen LogP contribution in [0, 0.1) is 5.92 Å². The highest BCUT2D eigenvalue weighted by Gasteiger charge is 2.20. The molecule has 1 heterocycles. The molecule has 0 amide bonds. The Hall–Kier alpha value is -0.570. The van der Waals surface area contributed by atoms with E-state index in [0.717, 1.165) is 0 Å². The van der Waals surface area contributed by atoms with Crippen molar-refractivity contribution in [2.45, 2.75) is 6.42 Å². The first-order valence-corrected chi connectivity index (χ1v) is 2.58. The minimum atomic E-state index is -0.724. The molecule has 3 heteroatoms. The largest absolute Gasteiger partial charge is 0.481 e. The summed E-state index contributed by atoms with van der Waals surface area (Å²) in [6.45, 7) is 1.26. The van der Waals surface area contributed by atoms with Gasteiger partial charge in [-0.1, -0.05) is 0 Å². The summed E-state index contributed by atoms with van der Waals surface area (Å²) in [5, 5.41) is 8.19. The van der Waals surface area contributed by atoms with Gasteiger partial charge in [-0.3, -0.25) is 4.79 Å². The third kappa shape index (κ3) is 1.20. The summed E-state index contributed by atoms with van der Waals surface area (Å²) in [5.74, 6) is -0.439. The van der Waals surface area contributed by atoms with Crippen LogP contribution in [0.25, 0.3) is 0 Å². The molecule has 0 unspecified atom stereocenters. The predicted molar refractivity (Wildman–Crippen MR) is 26.6 cm³/mol. The summed E-state index contributed by atoms with van der Waals surface area (Å²) in [6, 6.07) is 0. The van der Waals surface area contributed by atoms with Gasteiger partial charge in [-0.2, -0.15) is 0 Å². The van der Waals surface area contributed by atoms with Crippen molar-refractivity contribution in [3.05, 3.63) is 0 Å². The van der Waals surface area contributed by atoms with Crippen LogP contribution >= 0.6 is 0 Å². The molecule has 0 aromatic heterocycles. The van der Waals surface area contributed by atoms with Gasteiger partial charge in [0.2, 0.25) is 0 Å². The molecule has 0 aromatic rings. The van der Waals surface area contributed by atoms with Gasteiger partial charge in [0.05, 0.1) is 19.6 Å². The molecule has 0 spiro atoms. The summed E-state index contributed by atoms with van der Waals surface area (Å²) < 4.78 is 4.77. The van der Waals surface area contributed by atoms with Gasteiger partial charge in [-0.05, 0) is 0 Å². The summed E-state index contributed by atoms with van der Waals surface area (Å²) >= 11 is 0. The van der Waals surface area contributed by atoms with E-state index < -0.39 is 5.97 Å². The first-order chi connectivity index (χ1) is 3.79. The monoisotopic (exact) mass is 116 g/mol. The van der Waals surface area contributed by atoms with Crippen LogP contribution in [0.3, 0.4) is 0 Å². The molecule has 0 atom stereocenters. The molecule has 1 aliphatic rings. The zero-order chi connectivity index (χ0) is 5.98. The molecule has 0 aliphatic carbocycles. The lowest BCUT2D eigenvalue weighted by molar-refractivity contribution is -0.142. The Morgan fingerprint density at radius 1 is 1.75 bits per heavy atom. The van der Waals surface area contributed by atoms with Crippen molar-refractivity contribution < 1.29 is 14.6 Å². The molecule has 8 heavy (non-hydrogen) atoms. The van der Waals surface area contributed by atoms with Gasteiger partial charge in [0.1, 0.15) is 0 Å². The van der Waals surface area contributed by atoms with Gasteiger partial charge in [0.25, 0.3) is 0 Å². The van der Waals surface area contributed by atoms with Crippen LogP contribution in [0.2, 0.25) is 0 Å². The van der Waals surface area contributed by atoms with Gasteiger partial charge in [-0.15, -0.1) is 0 Å². The minimum absolute atomic E-state index is 0.264. The average molecular weight is 116 g/mol. The van der Waals surface area contributed by atoms with Crippen molar-refractivity contribution >= 4 is 5.97 Å². The molecule has 1 N–H and O–H groups in total. The molecule has 1 fully saturated rings. The maximum absolute atomic E-state index is 9.95. The highest BCUT2D eigenvalue weighted by molar-refractivity contribution is 5.67. The van der Waals surface area contributed by atoms with Crippen molar-refractivity contribution in [1.82, 2.24) is 0 Å². The summed E-state index contributed by atoms with van der Waals surface area (Å²) in [6.07, 6.45) is 0.264. The number of aliphatic carboxylic acids is 1. The fourth-order valence-corrected chi connectivity index (χ4v) is 0.649. The number of carbonyl (C=O) groups is 1. The Bertz CT molecular complexity index is 95.8. The van der Waals surface area contributed by atoms with Crippen molar-refractivity contribution in [2.24, 2.45) is 5.92 Å². The zero-order valence-corrected chi connectivity index (χ0v) is 4.46. The molecule has 3 nitrogen and oxygen atoms in total. The second-order valence-corrected chi connectivity index (χ2v) is 2.00. The molecule has 0 aromatic carbocycles. The lowest BCUT2D eigenvalue weighted by Crippen LogP contribution is -2.29. The van der Waals surface area contributed by atoms with Crippen molar-refractivity contribution in [3.63, 3.8) is 0 Å². The highest BCUT2D eigenvalue weighted by atomic mass is 16.5. The zero-order valence-electron chi connectivity index (χ0n) is 4.46. The highest BCUT2D eigenvalue weighted by Crippen LogP contribution is 2.13. The first-order valence-electron chi connectivity index (χ1n) is 2.58. The van der Waals surface area contributed by atoms with Gasteiger partial charge in [-0.25, -0.2) is 0 Å². The van der Waals surface area contributed by atoms with E-state index in [1.54, 1.807) is 0 Å². The fourth-order valence-electron chi connectivity index (χ4n) is 0.649. The Morgan fingerprint density at radius 2 is 2.38 bits per heavy atom. The molecule has 46 valence electrons. The third-order valence-electron chi connectivity index (χ3n) is 1.17. The summed E-state index contributed by atoms with van der Waals surface area (Å²) in [5.41, 5.74) is 0. The minimum Gasteiger partial charge on any atom is -0.481 e. The lowest BCUT2D eigenvalue weighted by Gasteiger charge is -2.23. The summed E-state index contributed by atoms with van der Waals surface area (Å²) in [4.78, 5) is 9.95. The maximum atomic E-state index is 9.95. The lowest BCUT2D eigenvalue weighted by atomic mass is 10.1. The van der Waals surface area contributed by atoms with Gasteiger partial charge < -0.3 is 9.84 Å². The number of carboxylic acid groups (broad SMARTS) is 1. The first kappa shape index (κ1) is 5.56. The van der Waals surface area contributed by atoms with Gasteiger partial charge >= 0.3 is 5.97 Å². The van der Waals surface area contributed by atoms with Crippen molar-refractivity contribution in [2.75, 3.05) is 13.2 Å². The number of carboxylic acids is 1. The normalized spacial score (nSPS) is 20.0. The van der Waals surface area contributed by atoms with Crippen LogP contribution in [-0.4, -0.2) is 24.3 Å². The van der Waals surface area contributed by atoms with Crippen molar-refractivity contribution in [1.29, 1.82) is 0 Å². The van der Waals surface area contributed by atoms with Gasteiger partial charge in [0.15, 0.2) is 0 Å². The molecule has 0 bridgehead atoms. The Morgan fingerprint density at radius 3 is 2.50 bits per heavy atom. The van der Waals surface area contributed by atoms with Crippen LogP contribution in [0.15, 0.2) is 0 Å². The molecule has 0 saturated carbocycles. The maximum Gasteiger partial charge on any atom is 0.303 e. The van der Waals surface area contributed by atoms with E-state index in [4.69, 9.17) is 9.84 Å². The molecular weight excluding hydrogens is 108 g/mol. The van der Waals surface area contributed by atoms with E-state index in [9.17, 15) is 4.79 Å². The number of hydrogen-bond acceptors (Lipinski definition) is 2. The van der Waals surface area contributed by atoms with Crippen LogP contribution in [0.1, 0.15) is 6.42 Å². The molecular formula is C5H8O3. The van der Waals surface area contributed by atoms with Crippen LogP contribution in [0.4, 0.5) is 0 Å². The Balaban J connectivity index is 2.09. The third-order valence-corrected chi connectivity index (χ3v) is 1.17. The number of hydrogen-bond donors (Lipinski definition) is 1. The van der Waals surface area contributed by atoms with E-state index in [2.05, 4.69) is 0 Å². The summed E-state index contributed by atoms with van der Waals surface area (Å²) in [7, 11) is 0. The van der Waals surface area contributed by atoms with E-state index in [1.165, 1.54) is 0 Å². The average Bonchev–Trinajstić information content (AvgIpc) is 1.55. The second-order valence-electron chi connectivity index (χ2n) is 2.00.